The Balaban J connectivity index is 1.64. The minimum absolute atomic E-state index is 0.0173. The molecule has 39 heavy (non-hydrogen) atoms. The highest BCUT2D eigenvalue weighted by Crippen LogP contribution is 2.34. The van der Waals surface area contributed by atoms with Crippen LogP contribution < -0.4 is 10.1 Å². The Morgan fingerprint density at radius 2 is 1.97 bits per heavy atom. The molecule has 10 nitrogen and oxygen atoms in total. The molecule has 1 atom stereocenters. The second-order valence-electron chi connectivity index (χ2n) is 10.4. The van der Waals surface area contributed by atoms with Crippen LogP contribution in [0.4, 0.5) is 11.5 Å². The highest BCUT2D eigenvalue weighted by Gasteiger charge is 2.21. The zero-order chi connectivity index (χ0) is 27.8. The van der Waals surface area contributed by atoms with Crippen molar-refractivity contribution < 1.29 is 14.3 Å². The lowest BCUT2D eigenvalue weighted by molar-refractivity contribution is -0.130. The Kier molecular flexibility index (Phi) is 10.1. The molecule has 1 amide bonds. The van der Waals surface area contributed by atoms with Crippen LogP contribution in [0.3, 0.4) is 0 Å². The molecule has 2 bridgehead atoms. The van der Waals surface area contributed by atoms with Crippen LogP contribution in [-0.2, 0) is 16.1 Å². The van der Waals surface area contributed by atoms with Gasteiger partial charge in [0.25, 0.3) is 0 Å². The predicted octanol–water partition coefficient (Wildman–Crippen LogP) is 3.84. The Labute approximate surface area is 231 Å². The molecule has 0 radical (unpaired) electrons. The van der Waals surface area contributed by atoms with Gasteiger partial charge in [-0.1, -0.05) is 13.8 Å². The number of likely N-dealkylation sites (N-methyl/N-ethyl adjacent to an activating group) is 1. The fourth-order valence-electron chi connectivity index (χ4n) is 5.06. The van der Waals surface area contributed by atoms with Crippen molar-refractivity contribution in [3.05, 3.63) is 41.9 Å². The predicted molar refractivity (Wildman–Crippen MR) is 155 cm³/mol. The summed E-state index contributed by atoms with van der Waals surface area (Å²) in [5.74, 6) is 1.70. The topological polar surface area (TPSA) is 98.9 Å². The van der Waals surface area contributed by atoms with Crippen LogP contribution in [0.5, 0.6) is 5.75 Å². The molecule has 2 aromatic heterocycles. The molecule has 0 fully saturated rings. The van der Waals surface area contributed by atoms with Gasteiger partial charge in [-0.05, 0) is 61.8 Å². The summed E-state index contributed by atoms with van der Waals surface area (Å²) in [6.07, 6.45) is 4.90. The maximum atomic E-state index is 13.1. The van der Waals surface area contributed by atoms with Gasteiger partial charge in [0.15, 0.2) is 0 Å². The van der Waals surface area contributed by atoms with E-state index in [2.05, 4.69) is 57.0 Å². The number of benzene rings is 1. The number of carbonyl (C=O) groups excluding carboxylic acids is 1. The first-order valence-electron chi connectivity index (χ1n) is 13.9. The molecule has 1 aliphatic heterocycles. The van der Waals surface area contributed by atoms with E-state index in [1.54, 1.807) is 13.4 Å². The first-order chi connectivity index (χ1) is 18.9. The van der Waals surface area contributed by atoms with Gasteiger partial charge in [0.2, 0.25) is 5.91 Å². The largest absolute Gasteiger partial charge is 0.492 e. The van der Waals surface area contributed by atoms with Gasteiger partial charge in [-0.3, -0.25) is 9.69 Å². The van der Waals surface area contributed by atoms with E-state index in [0.717, 1.165) is 85.1 Å². The summed E-state index contributed by atoms with van der Waals surface area (Å²) in [4.78, 5) is 31.9. The molecule has 1 aromatic carbocycles. The Hall–Kier alpha value is -3.21. The molecule has 2 N–H and O–H groups in total. The van der Waals surface area contributed by atoms with Crippen molar-refractivity contribution in [1.29, 1.82) is 0 Å². The Morgan fingerprint density at radius 3 is 2.77 bits per heavy atom. The first kappa shape index (κ1) is 28.8. The van der Waals surface area contributed by atoms with Gasteiger partial charge in [-0.15, -0.1) is 0 Å². The molecule has 0 saturated carbocycles. The highest BCUT2D eigenvalue weighted by molar-refractivity contribution is 5.92. The van der Waals surface area contributed by atoms with Gasteiger partial charge in [0, 0.05) is 58.6 Å². The molecule has 0 saturated heterocycles. The smallest absolute Gasteiger partial charge is 0.222 e. The quantitative estimate of drug-likeness (QED) is 0.447. The number of fused-ring (bicyclic) bond motifs is 2. The fourth-order valence-corrected chi connectivity index (χ4v) is 5.06. The van der Waals surface area contributed by atoms with Gasteiger partial charge in [0.05, 0.1) is 12.0 Å². The number of rotatable bonds is 8. The van der Waals surface area contributed by atoms with Crippen LogP contribution in [-0.4, -0.2) is 103 Å². The van der Waals surface area contributed by atoms with Crippen LogP contribution >= 0.6 is 0 Å². The number of anilines is 2. The molecule has 3 aromatic rings. The van der Waals surface area contributed by atoms with E-state index >= 15 is 0 Å². The molecular weight excluding hydrogens is 494 g/mol. The number of nitrogens with one attached hydrogen (secondary N) is 2. The number of aromatic amines is 1. The summed E-state index contributed by atoms with van der Waals surface area (Å²) < 4.78 is 11.5. The standard InChI is InChI=1S/C29H43N7O3/c1-6-36(12-14-38-5)13-15-39-25-9-8-23-17-24(25)21(2)16-26(37)35(4)11-7-10-34(3)19-22-18-30-28-27(22)29(33-23)32-20-31-28/h8-9,17-18,20-21H,6-7,10-16,19H2,1-5H3,(H2,30,31,32,33). The van der Waals surface area contributed by atoms with Crippen molar-refractivity contribution >= 4 is 28.4 Å². The summed E-state index contributed by atoms with van der Waals surface area (Å²) in [6, 6.07) is 6.10. The second-order valence-corrected chi connectivity index (χ2v) is 10.4. The molecule has 212 valence electrons. The van der Waals surface area contributed by atoms with Crippen molar-refractivity contribution in [3.63, 3.8) is 0 Å². The third-order valence-corrected chi connectivity index (χ3v) is 7.46. The maximum absolute atomic E-state index is 13.1. The first-order valence-corrected chi connectivity index (χ1v) is 13.9. The lowest BCUT2D eigenvalue weighted by atomic mass is 9.95. The molecular formula is C29H43N7O3. The molecule has 1 aliphatic rings. The van der Waals surface area contributed by atoms with Crippen molar-refractivity contribution in [2.24, 2.45) is 0 Å². The van der Waals surface area contributed by atoms with Gasteiger partial charge < -0.3 is 29.6 Å². The van der Waals surface area contributed by atoms with E-state index in [1.165, 1.54) is 0 Å². The SMILES string of the molecule is CCN(CCOC)CCOc1ccc2cc1C(C)CC(=O)N(C)CCCN(C)Cc1c[nH]c3ncnc(c13)N2. The molecule has 10 heteroatoms. The van der Waals surface area contributed by atoms with E-state index in [1.807, 2.05) is 30.3 Å². The molecule has 4 rings (SSSR count). The second kappa shape index (κ2) is 13.7. The van der Waals surface area contributed by atoms with Crippen LogP contribution in [0.2, 0.25) is 0 Å². The number of nitrogens with zero attached hydrogens (tertiary/aromatic N) is 5. The summed E-state index contributed by atoms with van der Waals surface area (Å²) in [6.45, 7) is 10.5. The average Bonchev–Trinajstić information content (AvgIpc) is 3.34. The summed E-state index contributed by atoms with van der Waals surface area (Å²) in [5, 5.41) is 4.52. The number of amides is 1. The normalized spacial score (nSPS) is 17.5. The Morgan fingerprint density at radius 1 is 1.15 bits per heavy atom. The van der Waals surface area contributed by atoms with Crippen molar-refractivity contribution in [3.8, 4) is 5.75 Å². The number of aromatic nitrogens is 3. The van der Waals surface area contributed by atoms with E-state index in [0.29, 0.717) is 19.6 Å². The number of hydrogen-bond donors (Lipinski definition) is 2. The third-order valence-electron chi connectivity index (χ3n) is 7.46. The van der Waals surface area contributed by atoms with E-state index in [9.17, 15) is 4.79 Å². The number of hydrogen-bond acceptors (Lipinski definition) is 8. The molecule has 1 unspecified atom stereocenters. The fraction of sp³-hybridized carbons (Fsp3) is 0.552. The van der Waals surface area contributed by atoms with Gasteiger partial charge in [-0.2, -0.15) is 0 Å². The minimum atomic E-state index is -0.0173. The van der Waals surface area contributed by atoms with Crippen molar-refractivity contribution in [1.82, 2.24) is 29.7 Å². The van der Waals surface area contributed by atoms with E-state index < -0.39 is 0 Å². The minimum Gasteiger partial charge on any atom is -0.492 e. The number of ether oxygens (including phenoxy) is 2. The zero-order valence-corrected chi connectivity index (χ0v) is 24.0. The van der Waals surface area contributed by atoms with Crippen LogP contribution in [0.25, 0.3) is 11.0 Å². The highest BCUT2D eigenvalue weighted by atomic mass is 16.5. The van der Waals surface area contributed by atoms with Gasteiger partial charge in [-0.25, -0.2) is 9.97 Å². The van der Waals surface area contributed by atoms with Crippen LogP contribution in [0, 0.1) is 0 Å². The summed E-state index contributed by atoms with van der Waals surface area (Å²) in [5.41, 5.74) is 3.85. The van der Waals surface area contributed by atoms with Gasteiger partial charge in [0.1, 0.15) is 30.1 Å². The van der Waals surface area contributed by atoms with E-state index in [4.69, 9.17) is 9.47 Å². The third kappa shape index (κ3) is 7.46. The van der Waals surface area contributed by atoms with Crippen LogP contribution in [0.15, 0.2) is 30.7 Å². The molecule has 3 heterocycles. The molecule has 0 spiro atoms. The summed E-state index contributed by atoms with van der Waals surface area (Å²) >= 11 is 0. The Bertz CT molecular complexity index is 1230. The summed E-state index contributed by atoms with van der Waals surface area (Å²) in [7, 11) is 5.72. The van der Waals surface area contributed by atoms with Gasteiger partial charge >= 0.3 is 0 Å². The van der Waals surface area contributed by atoms with Crippen molar-refractivity contribution in [2.45, 2.75) is 39.2 Å². The average molecular weight is 538 g/mol. The number of H-pyrrole nitrogens is 1. The number of carbonyl (C=O) groups is 1. The molecule has 0 aliphatic carbocycles. The van der Waals surface area contributed by atoms with Crippen molar-refractivity contribution in [2.75, 3.05) is 72.5 Å². The van der Waals surface area contributed by atoms with Crippen LogP contribution in [0.1, 0.15) is 43.7 Å². The lowest BCUT2D eigenvalue weighted by Crippen LogP contribution is -2.31. The lowest BCUT2D eigenvalue weighted by Gasteiger charge is -2.24. The monoisotopic (exact) mass is 537 g/mol. The number of methoxy groups -OCH3 is 1. The zero-order valence-electron chi connectivity index (χ0n) is 24.0. The van der Waals surface area contributed by atoms with E-state index in [-0.39, 0.29) is 11.8 Å². The maximum Gasteiger partial charge on any atom is 0.222 e.